The van der Waals surface area contributed by atoms with Crippen molar-refractivity contribution in [3.8, 4) is 0 Å². The van der Waals surface area contributed by atoms with Crippen LogP contribution in [0.2, 0.25) is 0 Å². The lowest BCUT2D eigenvalue weighted by molar-refractivity contribution is 0.170. The number of nitrogens with one attached hydrogen (secondary N) is 1. The fourth-order valence-electron chi connectivity index (χ4n) is 1.38. The van der Waals surface area contributed by atoms with Crippen molar-refractivity contribution in [2.75, 3.05) is 7.11 Å². The van der Waals surface area contributed by atoms with Crippen molar-refractivity contribution in [1.82, 2.24) is 5.32 Å². The van der Waals surface area contributed by atoms with Gasteiger partial charge in [0.1, 0.15) is 5.82 Å². The zero-order valence-corrected chi connectivity index (χ0v) is 9.06. The Hall–Kier alpha value is -1.58. The summed E-state index contributed by atoms with van der Waals surface area (Å²) in [5, 5.41) is 2.54. The predicted octanol–water partition coefficient (Wildman–Crippen LogP) is 2.30. The molecular formula is C11H14FNO2. The molecule has 0 spiro atoms. The van der Waals surface area contributed by atoms with Crippen LogP contribution in [-0.2, 0) is 11.3 Å². The van der Waals surface area contributed by atoms with E-state index < -0.39 is 6.09 Å². The van der Waals surface area contributed by atoms with Gasteiger partial charge in [-0.25, -0.2) is 9.18 Å². The summed E-state index contributed by atoms with van der Waals surface area (Å²) in [6.45, 7) is 3.74. The highest BCUT2D eigenvalue weighted by atomic mass is 19.1. The first-order chi connectivity index (χ1) is 7.04. The highest BCUT2D eigenvalue weighted by molar-refractivity contribution is 5.66. The van der Waals surface area contributed by atoms with Gasteiger partial charge in [-0.15, -0.1) is 0 Å². The van der Waals surface area contributed by atoms with Crippen LogP contribution in [0.5, 0.6) is 0 Å². The Morgan fingerprint density at radius 1 is 1.40 bits per heavy atom. The predicted molar refractivity (Wildman–Crippen MR) is 55.1 cm³/mol. The smallest absolute Gasteiger partial charge is 0.407 e. The highest BCUT2D eigenvalue weighted by Gasteiger charge is 2.05. The molecule has 0 aliphatic rings. The molecule has 0 bridgehead atoms. The van der Waals surface area contributed by atoms with E-state index in [1.165, 1.54) is 7.11 Å². The maximum Gasteiger partial charge on any atom is 0.407 e. The second-order valence-corrected chi connectivity index (χ2v) is 3.39. The van der Waals surface area contributed by atoms with E-state index in [0.29, 0.717) is 17.7 Å². The van der Waals surface area contributed by atoms with Crippen molar-refractivity contribution in [2.45, 2.75) is 20.4 Å². The van der Waals surface area contributed by atoms with Gasteiger partial charge in [0.2, 0.25) is 0 Å². The molecular weight excluding hydrogens is 197 g/mol. The van der Waals surface area contributed by atoms with Crippen LogP contribution in [0.1, 0.15) is 16.7 Å². The summed E-state index contributed by atoms with van der Waals surface area (Å²) in [5.74, 6) is -0.197. The molecule has 1 amide bonds. The summed E-state index contributed by atoms with van der Waals surface area (Å²) in [5.41, 5.74) is 2.02. The fraction of sp³-hybridized carbons (Fsp3) is 0.364. The quantitative estimate of drug-likeness (QED) is 0.815. The Labute approximate surface area is 88.2 Å². The molecule has 15 heavy (non-hydrogen) atoms. The second-order valence-electron chi connectivity index (χ2n) is 3.39. The number of hydrogen-bond acceptors (Lipinski definition) is 2. The fourth-order valence-corrected chi connectivity index (χ4v) is 1.38. The number of hydrogen-bond donors (Lipinski definition) is 1. The Kier molecular flexibility index (Phi) is 3.66. The summed E-state index contributed by atoms with van der Waals surface area (Å²) in [4.78, 5) is 10.8. The van der Waals surface area contributed by atoms with E-state index in [0.717, 1.165) is 5.56 Å². The van der Waals surface area contributed by atoms with E-state index in [1.807, 2.05) is 0 Å². The van der Waals surface area contributed by atoms with Gasteiger partial charge in [0.15, 0.2) is 0 Å². The lowest BCUT2D eigenvalue weighted by Gasteiger charge is -2.07. The monoisotopic (exact) mass is 211 g/mol. The largest absolute Gasteiger partial charge is 0.453 e. The van der Waals surface area contributed by atoms with Gasteiger partial charge in [0.25, 0.3) is 0 Å². The molecule has 1 rings (SSSR count). The van der Waals surface area contributed by atoms with Crippen LogP contribution in [0.4, 0.5) is 9.18 Å². The van der Waals surface area contributed by atoms with Crippen molar-refractivity contribution in [3.63, 3.8) is 0 Å². The minimum Gasteiger partial charge on any atom is -0.453 e. The molecule has 0 aliphatic carbocycles. The zero-order chi connectivity index (χ0) is 11.4. The lowest BCUT2D eigenvalue weighted by Crippen LogP contribution is -2.22. The Bertz CT molecular complexity index is 354. The SMILES string of the molecule is COC(=O)NCc1cc(C)c(F)c(C)c1. The number of alkyl carbamates (subject to hydrolysis) is 1. The molecule has 0 fully saturated rings. The maximum atomic E-state index is 13.3. The van der Waals surface area contributed by atoms with Crippen molar-refractivity contribution in [3.05, 3.63) is 34.6 Å². The number of methoxy groups -OCH3 is 1. The van der Waals surface area contributed by atoms with E-state index in [2.05, 4.69) is 10.1 Å². The number of aryl methyl sites for hydroxylation is 2. The van der Waals surface area contributed by atoms with E-state index in [1.54, 1.807) is 26.0 Å². The Morgan fingerprint density at radius 3 is 2.40 bits per heavy atom. The minimum absolute atomic E-state index is 0.197. The maximum absolute atomic E-state index is 13.3. The molecule has 0 aromatic heterocycles. The molecule has 1 aromatic carbocycles. The minimum atomic E-state index is -0.491. The first-order valence-corrected chi connectivity index (χ1v) is 4.62. The summed E-state index contributed by atoms with van der Waals surface area (Å²) in [6, 6.07) is 3.41. The zero-order valence-electron chi connectivity index (χ0n) is 9.06. The van der Waals surface area contributed by atoms with Crippen molar-refractivity contribution >= 4 is 6.09 Å². The molecule has 1 aromatic rings. The van der Waals surface area contributed by atoms with Crippen molar-refractivity contribution in [2.24, 2.45) is 0 Å². The lowest BCUT2D eigenvalue weighted by atomic mass is 10.1. The molecule has 0 atom stereocenters. The molecule has 0 heterocycles. The molecule has 4 heteroatoms. The number of carbonyl (C=O) groups excluding carboxylic acids is 1. The van der Waals surface area contributed by atoms with Crippen LogP contribution in [0.25, 0.3) is 0 Å². The number of carbonyl (C=O) groups is 1. The molecule has 0 saturated heterocycles. The van der Waals surface area contributed by atoms with Gasteiger partial charge in [-0.05, 0) is 30.5 Å². The third-order valence-corrected chi connectivity index (χ3v) is 2.12. The van der Waals surface area contributed by atoms with Crippen LogP contribution in [0.3, 0.4) is 0 Å². The van der Waals surface area contributed by atoms with Crippen LogP contribution < -0.4 is 5.32 Å². The summed E-state index contributed by atoms with van der Waals surface area (Å²) >= 11 is 0. The Morgan fingerprint density at radius 2 is 1.93 bits per heavy atom. The van der Waals surface area contributed by atoms with Gasteiger partial charge in [0, 0.05) is 6.54 Å². The van der Waals surface area contributed by atoms with Gasteiger partial charge in [-0.2, -0.15) is 0 Å². The van der Waals surface area contributed by atoms with Crippen molar-refractivity contribution in [1.29, 1.82) is 0 Å². The van der Waals surface area contributed by atoms with Crippen LogP contribution >= 0.6 is 0 Å². The van der Waals surface area contributed by atoms with E-state index in [9.17, 15) is 9.18 Å². The Balaban J connectivity index is 2.75. The number of amides is 1. The first-order valence-electron chi connectivity index (χ1n) is 4.62. The first kappa shape index (κ1) is 11.5. The molecule has 0 unspecified atom stereocenters. The van der Waals surface area contributed by atoms with Gasteiger partial charge < -0.3 is 10.1 Å². The molecule has 0 aliphatic heterocycles. The van der Waals surface area contributed by atoms with E-state index >= 15 is 0 Å². The van der Waals surface area contributed by atoms with E-state index in [-0.39, 0.29) is 5.82 Å². The summed E-state index contributed by atoms with van der Waals surface area (Å²) < 4.78 is 17.7. The molecule has 3 nitrogen and oxygen atoms in total. The van der Waals surface area contributed by atoms with E-state index in [4.69, 9.17) is 0 Å². The second kappa shape index (κ2) is 4.77. The molecule has 0 radical (unpaired) electrons. The van der Waals surface area contributed by atoms with Crippen LogP contribution in [0.15, 0.2) is 12.1 Å². The molecule has 0 saturated carbocycles. The number of rotatable bonds is 2. The van der Waals surface area contributed by atoms with Gasteiger partial charge >= 0.3 is 6.09 Å². The number of ether oxygens (including phenoxy) is 1. The van der Waals surface area contributed by atoms with Crippen molar-refractivity contribution < 1.29 is 13.9 Å². The molecule has 1 N–H and O–H groups in total. The highest BCUT2D eigenvalue weighted by Crippen LogP contribution is 2.14. The van der Waals surface area contributed by atoms with Crippen LogP contribution in [0, 0.1) is 19.7 Å². The number of halogens is 1. The third-order valence-electron chi connectivity index (χ3n) is 2.12. The third kappa shape index (κ3) is 2.94. The van der Waals surface area contributed by atoms with Crippen LogP contribution in [-0.4, -0.2) is 13.2 Å². The van der Waals surface area contributed by atoms with Gasteiger partial charge in [-0.3, -0.25) is 0 Å². The standard InChI is InChI=1S/C11H14FNO2/c1-7-4-9(5-8(2)10(7)12)6-13-11(14)15-3/h4-5H,6H2,1-3H3,(H,13,14). The molecule has 82 valence electrons. The van der Waals surface area contributed by atoms with Gasteiger partial charge in [0.05, 0.1) is 7.11 Å². The normalized spacial score (nSPS) is 9.87. The topological polar surface area (TPSA) is 38.3 Å². The average molecular weight is 211 g/mol. The number of benzene rings is 1. The van der Waals surface area contributed by atoms with Gasteiger partial charge in [-0.1, -0.05) is 12.1 Å². The summed E-state index contributed by atoms with van der Waals surface area (Å²) in [7, 11) is 1.30. The summed E-state index contributed by atoms with van der Waals surface area (Å²) in [6.07, 6.45) is -0.491. The average Bonchev–Trinajstić information content (AvgIpc) is 2.22.